The van der Waals surface area contributed by atoms with Crippen molar-refractivity contribution in [3.63, 3.8) is 0 Å². The number of esters is 3. The van der Waals surface area contributed by atoms with E-state index in [9.17, 15) is 14.4 Å². The Bertz CT molecular complexity index is 1370. The maximum atomic E-state index is 12.7. The summed E-state index contributed by atoms with van der Waals surface area (Å²) in [6, 6.07) is 0. The van der Waals surface area contributed by atoms with Gasteiger partial charge in [0.05, 0.1) is 0 Å². The van der Waals surface area contributed by atoms with E-state index in [1.54, 1.807) is 0 Å². The Hall–Kier alpha value is -3.93. The average Bonchev–Trinajstić information content (AvgIpc) is 3.31. The summed E-state index contributed by atoms with van der Waals surface area (Å²) >= 11 is 0. The van der Waals surface area contributed by atoms with Crippen LogP contribution in [0.2, 0.25) is 0 Å². The van der Waals surface area contributed by atoms with Gasteiger partial charge in [0.15, 0.2) is 6.10 Å². The third-order valence-corrected chi connectivity index (χ3v) is 11.0. The zero-order valence-corrected chi connectivity index (χ0v) is 42.7. The smallest absolute Gasteiger partial charge is 0.306 e. The number of carbonyl (C=O) groups excluding carboxylic acids is 3. The Kier molecular flexibility index (Phi) is 50.5. The highest BCUT2D eigenvalue weighted by Gasteiger charge is 2.19. The molecule has 1 unspecified atom stereocenters. The monoisotopic (exact) mass is 915 g/mol. The molecular formula is C60H98O6. The Morgan fingerprint density at radius 2 is 0.591 bits per heavy atom. The lowest BCUT2D eigenvalue weighted by Crippen LogP contribution is -2.30. The number of hydrogen-bond acceptors (Lipinski definition) is 6. The quantitative estimate of drug-likeness (QED) is 0.0262. The minimum atomic E-state index is -0.779. The normalized spacial score (nSPS) is 13.0. The van der Waals surface area contributed by atoms with Crippen LogP contribution in [0.5, 0.6) is 0 Å². The van der Waals surface area contributed by atoms with E-state index in [2.05, 4.69) is 130 Å². The summed E-state index contributed by atoms with van der Waals surface area (Å²) in [5.74, 6) is -0.921. The predicted molar refractivity (Wildman–Crippen MR) is 283 cm³/mol. The molecule has 0 radical (unpaired) electrons. The van der Waals surface area contributed by atoms with E-state index in [-0.39, 0.29) is 31.1 Å². The average molecular weight is 915 g/mol. The molecule has 0 saturated heterocycles. The Labute approximate surface area is 406 Å². The molecule has 0 aromatic heterocycles. The van der Waals surface area contributed by atoms with Gasteiger partial charge in [0.2, 0.25) is 0 Å². The minimum Gasteiger partial charge on any atom is -0.462 e. The number of allylic oxidation sites excluding steroid dienone is 18. The van der Waals surface area contributed by atoms with Crippen molar-refractivity contribution in [2.45, 2.75) is 239 Å². The molecule has 374 valence electrons. The van der Waals surface area contributed by atoms with Crippen LogP contribution in [0.25, 0.3) is 0 Å². The Morgan fingerprint density at radius 3 is 0.924 bits per heavy atom. The molecule has 0 spiro atoms. The van der Waals surface area contributed by atoms with Crippen molar-refractivity contribution in [2.24, 2.45) is 0 Å². The molecular weight excluding hydrogens is 817 g/mol. The summed E-state index contributed by atoms with van der Waals surface area (Å²) in [5.41, 5.74) is 0. The molecule has 0 rings (SSSR count). The first-order chi connectivity index (χ1) is 32.5. The molecule has 0 aliphatic carbocycles. The maximum absolute atomic E-state index is 12.7. The standard InChI is InChI=1S/C60H98O6/c1-4-7-10-13-16-18-19-20-21-22-23-24-25-26-27-28-29-30-31-32-33-34-35-36-37-38-39-40-41-43-44-47-50-53-59(62)65-56-57(55-64-58(61)52-49-46-15-12-9-6-3)66-60(63)54-51-48-45-42-17-14-11-8-5-2/h7,10,16,18,20-21,23-24,26-27,29-30,32-33,35-36,38-39,57H,4-6,8-9,11-15,17,19,22,25,28,31,34,37,40-56H2,1-3H3/b10-7-,18-16-,21-20-,24-23-,27-26-,30-29-,33-32-,36-35-,39-38-. The van der Waals surface area contributed by atoms with Gasteiger partial charge in [-0.05, 0) is 89.9 Å². The summed E-state index contributed by atoms with van der Waals surface area (Å²) in [5, 5.41) is 0. The maximum Gasteiger partial charge on any atom is 0.306 e. The second kappa shape index (κ2) is 53.7. The van der Waals surface area contributed by atoms with Gasteiger partial charge in [-0.25, -0.2) is 0 Å². The third kappa shape index (κ3) is 51.1. The number of rotatable bonds is 47. The number of unbranched alkanes of at least 4 members (excludes halogenated alkanes) is 18. The summed E-state index contributed by atoms with van der Waals surface area (Å²) in [7, 11) is 0. The second-order valence-corrected chi connectivity index (χ2v) is 17.4. The molecule has 6 nitrogen and oxygen atoms in total. The van der Waals surface area contributed by atoms with Gasteiger partial charge in [0, 0.05) is 19.3 Å². The molecule has 0 N–H and O–H groups in total. The lowest BCUT2D eigenvalue weighted by atomic mass is 10.1. The first-order valence-corrected chi connectivity index (χ1v) is 26.9. The molecule has 66 heavy (non-hydrogen) atoms. The van der Waals surface area contributed by atoms with Crippen LogP contribution < -0.4 is 0 Å². The van der Waals surface area contributed by atoms with Crippen LogP contribution in [0.3, 0.4) is 0 Å². The van der Waals surface area contributed by atoms with Gasteiger partial charge in [0.25, 0.3) is 0 Å². The van der Waals surface area contributed by atoms with Crippen molar-refractivity contribution < 1.29 is 28.6 Å². The fourth-order valence-corrected chi connectivity index (χ4v) is 7.02. The van der Waals surface area contributed by atoms with Crippen molar-refractivity contribution in [1.82, 2.24) is 0 Å². The zero-order valence-electron chi connectivity index (χ0n) is 42.7. The van der Waals surface area contributed by atoms with Crippen LogP contribution >= 0.6 is 0 Å². The summed E-state index contributed by atoms with van der Waals surface area (Å²) in [4.78, 5) is 37.6. The van der Waals surface area contributed by atoms with E-state index >= 15 is 0 Å². The van der Waals surface area contributed by atoms with Gasteiger partial charge in [-0.3, -0.25) is 14.4 Å². The second-order valence-electron chi connectivity index (χ2n) is 17.4. The topological polar surface area (TPSA) is 78.9 Å². The van der Waals surface area contributed by atoms with Crippen LogP contribution in [-0.2, 0) is 28.6 Å². The Balaban J connectivity index is 4.09. The molecule has 0 aliphatic rings. The lowest BCUT2D eigenvalue weighted by Gasteiger charge is -2.18. The zero-order chi connectivity index (χ0) is 47.9. The van der Waals surface area contributed by atoms with Crippen LogP contribution in [0.4, 0.5) is 0 Å². The first kappa shape index (κ1) is 62.1. The van der Waals surface area contributed by atoms with E-state index < -0.39 is 6.10 Å². The van der Waals surface area contributed by atoms with Crippen LogP contribution in [0, 0.1) is 0 Å². The highest BCUT2D eigenvalue weighted by molar-refractivity contribution is 5.71. The number of ether oxygens (including phenoxy) is 3. The summed E-state index contributed by atoms with van der Waals surface area (Å²) in [6.07, 6.45) is 72.6. The predicted octanol–water partition coefficient (Wildman–Crippen LogP) is 17.9. The van der Waals surface area contributed by atoms with Crippen molar-refractivity contribution in [1.29, 1.82) is 0 Å². The van der Waals surface area contributed by atoms with E-state index in [0.717, 1.165) is 135 Å². The molecule has 0 saturated carbocycles. The van der Waals surface area contributed by atoms with Gasteiger partial charge in [0.1, 0.15) is 13.2 Å². The highest BCUT2D eigenvalue weighted by Crippen LogP contribution is 2.13. The van der Waals surface area contributed by atoms with Gasteiger partial charge in [-0.2, -0.15) is 0 Å². The van der Waals surface area contributed by atoms with E-state index in [1.807, 2.05) is 0 Å². The van der Waals surface area contributed by atoms with Gasteiger partial charge >= 0.3 is 17.9 Å². The first-order valence-electron chi connectivity index (χ1n) is 26.9. The third-order valence-electron chi connectivity index (χ3n) is 11.0. The lowest BCUT2D eigenvalue weighted by molar-refractivity contribution is -0.167. The largest absolute Gasteiger partial charge is 0.462 e. The van der Waals surface area contributed by atoms with Crippen molar-refractivity contribution >= 4 is 17.9 Å². The number of carbonyl (C=O) groups is 3. The van der Waals surface area contributed by atoms with Gasteiger partial charge < -0.3 is 14.2 Å². The van der Waals surface area contributed by atoms with Crippen LogP contribution in [-0.4, -0.2) is 37.2 Å². The van der Waals surface area contributed by atoms with Crippen LogP contribution in [0.1, 0.15) is 233 Å². The number of hydrogen-bond donors (Lipinski definition) is 0. The fourth-order valence-electron chi connectivity index (χ4n) is 7.02. The Morgan fingerprint density at radius 1 is 0.318 bits per heavy atom. The molecule has 6 heteroatoms. The molecule has 0 aromatic carbocycles. The molecule has 0 bridgehead atoms. The molecule has 0 heterocycles. The summed E-state index contributed by atoms with van der Waals surface area (Å²) < 4.78 is 16.6. The van der Waals surface area contributed by atoms with Crippen LogP contribution in [0.15, 0.2) is 109 Å². The van der Waals surface area contributed by atoms with Crippen molar-refractivity contribution in [3.05, 3.63) is 109 Å². The molecule has 1 atom stereocenters. The van der Waals surface area contributed by atoms with E-state index in [0.29, 0.717) is 19.3 Å². The molecule has 0 aliphatic heterocycles. The molecule has 0 amide bonds. The van der Waals surface area contributed by atoms with E-state index in [1.165, 1.54) is 57.8 Å². The van der Waals surface area contributed by atoms with E-state index in [4.69, 9.17) is 14.2 Å². The highest BCUT2D eigenvalue weighted by atomic mass is 16.6. The van der Waals surface area contributed by atoms with Crippen molar-refractivity contribution in [3.8, 4) is 0 Å². The molecule has 0 fully saturated rings. The van der Waals surface area contributed by atoms with Gasteiger partial charge in [-0.15, -0.1) is 0 Å². The SMILES string of the molecule is CC/C=C\C/C=C\C/C=C\C/C=C\C/C=C\C/C=C\C/C=C\C/C=C\C/C=C\CCCCCCCC(=O)OCC(COC(=O)CCCCCCCC)OC(=O)CCCCCCCCCCC. The fraction of sp³-hybridized carbons (Fsp3) is 0.650. The molecule has 0 aromatic rings. The minimum absolute atomic E-state index is 0.0835. The van der Waals surface area contributed by atoms with Crippen molar-refractivity contribution in [2.75, 3.05) is 13.2 Å². The van der Waals surface area contributed by atoms with Gasteiger partial charge in [-0.1, -0.05) is 233 Å². The summed E-state index contributed by atoms with van der Waals surface area (Å²) in [6.45, 7) is 6.41.